The molecule has 0 rings (SSSR count). The van der Waals surface area contributed by atoms with E-state index in [1.807, 2.05) is 0 Å². The van der Waals surface area contributed by atoms with Crippen molar-refractivity contribution in [2.24, 2.45) is 0 Å². The van der Waals surface area contributed by atoms with Crippen LogP contribution in [0.5, 0.6) is 0 Å². The zero-order valence-electron chi connectivity index (χ0n) is 19.9. The largest absolute Gasteiger partial charge is 0.481 e. The lowest BCUT2D eigenvalue weighted by molar-refractivity contribution is -0.137. The average Bonchev–Trinajstić information content (AvgIpc) is 2.67. The van der Waals surface area contributed by atoms with Crippen LogP contribution in [0.25, 0.3) is 0 Å². The molecule has 0 aromatic carbocycles. The number of hydrogen-bond acceptors (Lipinski definition) is 1. The highest BCUT2D eigenvalue weighted by molar-refractivity contribution is 7.81. The molecule has 0 radical (unpaired) electrons. The Labute approximate surface area is 213 Å². The second-order valence-corrected chi connectivity index (χ2v) is 19.8. The fourth-order valence-corrected chi connectivity index (χ4v) is 3.71. The summed E-state index contributed by atoms with van der Waals surface area (Å²) >= 11 is 19.9. The van der Waals surface area contributed by atoms with Crippen molar-refractivity contribution >= 4 is 55.6 Å². The van der Waals surface area contributed by atoms with Gasteiger partial charge in [0.2, 0.25) is 0 Å². The first-order valence-corrected chi connectivity index (χ1v) is 18.8. The van der Waals surface area contributed by atoms with Crippen molar-refractivity contribution in [2.75, 3.05) is 0 Å². The summed E-state index contributed by atoms with van der Waals surface area (Å²) in [5.74, 6) is -0.650. The van der Waals surface area contributed by atoms with Crippen LogP contribution in [0.15, 0.2) is 0 Å². The Morgan fingerprint density at radius 2 is 0.710 bits per heavy atom. The van der Waals surface area contributed by atoms with Gasteiger partial charge in [0.05, 0.1) is 0 Å². The molecule has 188 valence electrons. The topological polar surface area (TPSA) is 37.3 Å². The lowest BCUT2D eigenvalue weighted by Crippen LogP contribution is -1.93. The standard InChI is InChI=1S/C24H48O2.Cl4Si/c1-2-3-4-5-6-7-8-9-10-11-12-13-14-15-16-17-18-19-20-21-22-23-24(25)26;1-5(2,3)4/h2-23H2,1H3,(H,25,26);. The number of rotatable bonds is 22. The first-order valence-electron chi connectivity index (χ1n) is 12.7. The van der Waals surface area contributed by atoms with E-state index in [9.17, 15) is 4.79 Å². The predicted octanol–water partition coefficient (Wildman–Crippen LogP) is 11.1. The highest BCUT2D eigenvalue weighted by atomic mass is 36.0. The van der Waals surface area contributed by atoms with E-state index in [2.05, 4.69) is 6.92 Å². The molecule has 0 amide bonds. The molecule has 0 aliphatic heterocycles. The average molecular weight is 539 g/mol. The van der Waals surface area contributed by atoms with Gasteiger partial charge in [-0.25, -0.2) is 0 Å². The molecule has 0 unspecified atom stereocenters. The zero-order valence-corrected chi connectivity index (χ0v) is 23.9. The van der Waals surface area contributed by atoms with Gasteiger partial charge in [-0.05, 0) is 6.42 Å². The van der Waals surface area contributed by atoms with E-state index >= 15 is 0 Å². The molecular weight excluding hydrogens is 490 g/mol. The lowest BCUT2D eigenvalue weighted by atomic mass is 10.0. The molecule has 0 aromatic heterocycles. The van der Waals surface area contributed by atoms with Crippen molar-refractivity contribution in [3.63, 3.8) is 0 Å². The molecule has 2 nitrogen and oxygen atoms in total. The second kappa shape index (κ2) is 27.1. The molecular formula is C24H48Cl4O2Si. The molecule has 0 aromatic rings. The third-order valence-corrected chi connectivity index (χ3v) is 5.49. The number of unbranched alkanes of at least 4 members (excludes halogenated alkanes) is 20. The highest BCUT2D eigenvalue weighted by Gasteiger charge is 2.19. The maximum absolute atomic E-state index is 10.4. The van der Waals surface area contributed by atoms with Crippen LogP contribution >= 0.6 is 44.3 Å². The van der Waals surface area contributed by atoms with Crippen molar-refractivity contribution in [1.29, 1.82) is 0 Å². The predicted molar refractivity (Wildman–Crippen MR) is 144 cm³/mol. The summed E-state index contributed by atoms with van der Waals surface area (Å²) in [5, 5.41) is 5.85. The lowest BCUT2D eigenvalue weighted by Gasteiger charge is -2.04. The van der Waals surface area contributed by atoms with E-state index in [0.29, 0.717) is 6.42 Å². The molecule has 0 atom stereocenters. The minimum absolute atomic E-state index is 0.346. The van der Waals surface area contributed by atoms with Gasteiger partial charge in [-0.15, -0.1) is 44.3 Å². The van der Waals surface area contributed by atoms with E-state index in [4.69, 9.17) is 49.4 Å². The summed E-state index contributed by atoms with van der Waals surface area (Å²) in [5.41, 5.74) is 0. The minimum Gasteiger partial charge on any atom is -0.481 e. The maximum atomic E-state index is 10.4. The van der Waals surface area contributed by atoms with Gasteiger partial charge in [0.1, 0.15) is 0 Å². The molecule has 0 spiro atoms. The van der Waals surface area contributed by atoms with Crippen LogP contribution in [-0.4, -0.2) is 16.4 Å². The Kier molecular flexibility index (Phi) is 29.7. The van der Waals surface area contributed by atoms with Crippen LogP contribution in [0, 0.1) is 0 Å². The summed E-state index contributed by atoms with van der Waals surface area (Å²) < 4.78 is 0. The van der Waals surface area contributed by atoms with Gasteiger partial charge < -0.3 is 5.11 Å². The zero-order chi connectivity index (χ0) is 23.6. The summed E-state index contributed by atoms with van der Waals surface area (Å²) in [4.78, 5) is 10.4. The van der Waals surface area contributed by atoms with Crippen LogP contribution in [0.4, 0.5) is 0 Å². The third kappa shape index (κ3) is 45.1. The first-order chi connectivity index (χ1) is 14.8. The molecule has 0 aliphatic rings. The van der Waals surface area contributed by atoms with Crippen molar-refractivity contribution in [3.05, 3.63) is 0 Å². The number of hydrogen-bond donors (Lipinski definition) is 1. The van der Waals surface area contributed by atoms with E-state index < -0.39 is 11.3 Å². The summed E-state index contributed by atoms with van der Waals surface area (Å²) in [7, 11) is 0. The molecule has 0 aliphatic carbocycles. The summed E-state index contributed by atoms with van der Waals surface area (Å²) in [6.07, 6.45) is 29.1. The fourth-order valence-electron chi connectivity index (χ4n) is 3.71. The van der Waals surface area contributed by atoms with Crippen LogP contribution in [-0.2, 0) is 4.79 Å². The Bertz CT molecular complexity index is 360. The second-order valence-electron chi connectivity index (χ2n) is 8.64. The molecule has 0 heterocycles. The molecule has 1 N–H and O–H groups in total. The molecule has 7 heteroatoms. The Balaban J connectivity index is 0. The third-order valence-electron chi connectivity index (χ3n) is 5.49. The van der Waals surface area contributed by atoms with E-state index in [0.717, 1.165) is 12.8 Å². The number of aliphatic carboxylic acids is 1. The van der Waals surface area contributed by atoms with Crippen LogP contribution in [0.1, 0.15) is 148 Å². The molecule has 0 saturated carbocycles. The quantitative estimate of drug-likeness (QED) is 0.0846. The molecule has 31 heavy (non-hydrogen) atoms. The number of carboxylic acids is 1. The monoisotopic (exact) mass is 536 g/mol. The van der Waals surface area contributed by atoms with Gasteiger partial charge >= 0.3 is 11.3 Å². The smallest absolute Gasteiger partial charge is 0.440 e. The van der Waals surface area contributed by atoms with Gasteiger partial charge in [-0.1, -0.05) is 135 Å². The van der Waals surface area contributed by atoms with E-state index in [1.165, 1.54) is 122 Å². The Morgan fingerprint density at radius 3 is 0.903 bits per heavy atom. The van der Waals surface area contributed by atoms with Gasteiger partial charge in [0.25, 0.3) is 0 Å². The Hall–Kier alpha value is 0.847. The van der Waals surface area contributed by atoms with Crippen molar-refractivity contribution in [1.82, 2.24) is 0 Å². The summed E-state index contributed by atoms with van der Waals surface area (Å²) in [6.45, 7) is 2.29. The maximum Gasteiger partial charge on any atom is 0.440 e. The number of carboxylic acid groups (broad SMARTS) is 1. The molecule has 0 bridgehead atoms. The molecule has 0 fully saturated rings. The summed E-state index contributed by atoms with van der Waals surface area (Å²) in [6, 6.07) is 0. The highest BCUT2D eigenvalue weighted by Crippen LogP contribution is 2.23. The van der Waals surface area contributed by atoms with Crippen LogP contribution < -0.4 is 0 Å². The van der Waals surface area contributed by atoms with Crippen molar-refractivity contribution in [2.45, 2.75) is 148 Å². The van der Waals surface area contributed by atoms with Gasteiger partial charge in [0, 0.05) is 6.42 Å². The van der Waals surface area contributed by atoms with Crippen molar-refractivity contribution in [3.8, 4) is 0 Å². The number of carbonyl (C=O) groups is 1. The van der Waals surface area contributed by atoms with Gasteiger partial charge in [-0.3, -0.25) is 4.79 Å². The Morgan fingerprint density at radius 1 is 0.516 bits per heavy atom. The molecule has 0 saturated heterocycles. The first kappa shape index (κ1) is 34.0. The van der Waals surface area contributed by atoms with Gasteiger partial charge in [-0.2, -0.15) is 0 Å². The SMILES string of the molecule is CCCCCCCCCCCCCCCCCCCCCCCC(=O)O.Cl[Si](Cl)(Cl)Cl. The fraction of sp³-hybridized carbons (Fsp3) is 0.958. The number of halogens is 4. The van der Waals surface area contributed by atoms with E-state index in [-0.39, 0.29) is 0 Å². The van der Waals surface area contributed by atoms with Crippen LogP contribution in [0.3, 0.4) is 0 Å². The minimum atomic E-state index is -2.72. The van der Waals surface area contributed by atoms with Gasteiger partial charge in [0.15, 0.2) is 0 Å². The normalized spacial score (nSPS) is 11.3. The van der Waals surface area contributed by atoms with E-state index in [1.54, 1.807) is 0 Å². The van der Waals surface area contributed by atoms with Crippen molar-refractivity contribution < 1.29 is 9.90 Å². The van der Waals surface area contributed by atoms with Crippen LogP contribution in [0.2, 0.25) is 0 Å².